The van der Waals surface area contributed by atoms with Gasteiger partial charge in [-0.15, -0.1) is 0 Å². The highest BCUT2D eigenvalue weighted by Crippen LogP contribution is 2.08. The summed E-state index contributed by atoms with van der Waals surface area (Å²) < 4.78 is 30.1. The summed E-state index contributed by atoms with van der Waals surface area (Å²) in [5, 5.41) is 12.4. The minimum absolute atomic E-state index is 0.0702. The fourth-order valence-electron chi connectivity index (χ4n) is 1.44. The van der Waals surface area contributed by atoms with Crippen LogP contribution in [0.3, 0.4) is 0 Å². The second-order valence-corrected chi connectivity index (χ2v) is 6.14. The highest BCUT2D eigenvalue weighted by molar-refractivity contribution is 7.88. The largest absolute Gasteiger partial charge is 0.480 e. The van der Waals surface area contributed by atoms with Crippen molar-refractivity contribution in [1.82, 2.24) is 9.88 Å². The standard InChI is InChI=1S/C10H16N2O5S/c1-7(2)5-9(10(13)14)12-18(15,16)6-8-3-4-17-11-8/h3-4,7,9,12H,5-6H2,1-2H3,(H,13,14)/t9-/m0/s1. The maximum atomic E-state index is 11.7. The van der Waals surface area contributed by atoms with Crippen LogP contribution in [0, 0.1) is 5.92 Å². The van der Waals surface area contributed by atoms with Crippen molar-refractivity contribution < 1.29 is 22.8 Å². The fraction of sp³-hybridized carbons (Fsp3) is 0.600. The molecular weight excluding hydrogens is 260 g/mol. The van der Waals surface area contributed by atoms with E-state index < -0.39 is 27.8 Å². The molecule has 0 aliphatic rings. The first-order valence-corrected chi connectivity index (χ1v) is 7.07. The topological polar surface area (TPSA) is 110 Å². The summed E-state index contributed by atoms with van der Waals surface area (Å²) in [6.45, 7) is 3.64. The van der Waals surface area contributed by atoms with Crippen LogP contribution in [0.1, 0.15) is 26.0 Å². The summed E-state index contributed by atoms with van der Waals surface area (Å²) in [6.07, 6.45) is 1.49. The van der Waals surface area contributed by atoms with Gasteiger partial charge in [-0.25, -0.2) is 13.1 Å². The Morgan fingerprint density at radius 1 is 1.56 bits per heavy atom. The Labute approximate surface area is 105 Å². The molecule has 0 saturated heterocycles. The fourth-order valence-corrected chi connectivity index (χ4v) is 2.69. The lowest BCUT2D eigenvalue weighted by molar-refractivity contribution is -0.139. The van der Waals surface area contributed by atoms with Gasteiger partial charge < -0.3 is 9.63 Å². The van der Waals surface area contributed by atoms with Gasteiger partial charge in [0.2, 0.25) is 10.0 Å². The van der Waals surface area contributed by atoms with Crippen molar-refractivity contribution in [3.8, 4) is 0 Å². The summed E-state index contributed by atoms with van der Waals surface area (Å²) in [7, 11) is -3.75. The maximum Gasteiger partial charge on any atom is 0.321 e. The number of carboxylic acids is 1. The first-order valence-electron chi connectivity index (χ1n) is 5.42. The predicted octanol–water partition coefficient (Wildman–Crippen LogP) is 0.593. The zero-order chi connectivity index (χ0) is 13.8. The van der Waals surface area contributed by atoms with E-state index >= 15 is 0 Å². The first-order chi connectivity index (χ1) is 8.30. The second-order valence-electron chi connectivity index (χ2n) is 4.39. The molecule has 0 aliphatic carbocycles. The quantitative estimate of drug-likeness (QED) is 0.754. The van der Waals surface area contributed by atoms with E-state index in [0.717, 1.165) is 0 Å². The molecular formula is C10H16N2O5S. The lowest BCUT2D eigenvalue weighted by Crippen LogP contribution is -2.42. The normalized spacial score (nSPS) is 13.7. The van der Waals surface area contributed by atoms with Gasteiger partial charge in [0.05, 0.1) is 5.69 Å². The monoisotopic (exact) mass is 276 g/mol. The Balaban J connectivity index is 2.70. The molecule has 102 valence electrons. The Morgan fingerprint density at radius 3 is 2.67 bits per heavy atom. The number of rotatable bonds is 7. The Kier molecular flexibility index (Phi) is 4.85. The highest BCUT2D eigenvalue weighted by atomic mass is 32.2. The second kappa shape index (κ2) is 5.96. The van der Waals surface area contributed by atoms with E-state index in [1.807, 2.05) is 13.8 Å². The molecule has 0 aliphatic heterocycles. The number of hydrogen-bond donors (Lipinski definition) is 2. The molecule has 0 spiro atoms. The highest BCUT2D eigenvalue weighted by Gasteiger charge is 2.25. The molecule has 18 heavy (non-hydrogen) atoms. The number of hydrogen-bond acceptors (Lipinski definition) is 5. The minimum atomic E-state index is -3.75. The van der Waals surface area contributed by atoms with Gasteiger partial charge in [0.25, 0.3) is 0 Å². The SMILES string of the molecule is CC(C)C[C@H](NS(=O)(=O)Cc1ccon1)C(=O)O. The van der Waals surface area contributed by atoms with Gasteiger partial charge in [-0.2, -0.15) is 0 Å². The number of carboxylic acid groups (broad SMARTS) is 1. The van der Waals surface area contributed by atoms with E-state index in [4.69, 9.17) is 5.11 Å². The van der Waals surface area contributed by atoms with E-state index in [1.54, 1.807) is 0 Å². The summed E-state index contributed by atoms with van der Waals surface area (Å²) >= 11 is 0. The Bertz CT molecular complexity index is 480. The Hall–Kier alpha value is -1.41. The van der Waals surface area contributed by atoms with Crippen LogP contribution in [0.5, 0.6) is 0 Å². The number of aliphatic carboxylic acids is 1. The van der Waals surface area contributed by atoms with Crippen LogP contribution in [-0.2, 0) is 20.6 Å². The van der Waals surface area contributed by atoms with Crippen molar-refractivity contribution in [2.75, 3.05) is 0 Å². The lowest BCUT2D eigenvalue weighted by Gasteiger charge is -2.15. The molecule has 0 saturated carbocycles. The molecule has 0 unspecified atom stereocenters. The average molecular weight is 276 g/mol. The van der Waals surface area contributed by atoms with E-state index in [1.165, 1.54) is 12.3 Å². The molecule has 1 aromatic rings. The van der Waals surface area contributed by atoms with Crippen LogP contribution in [0.15, 0.2) is 16.9 Å². The molecule has 0 radical (unpaired) electrons. The number of carbonyl (C=O) groups is 1. The summed E-state index contributed by atoms with van der Waals surface area (Å²) in [5.74, 6) is -1.51. The van der Waals surface area contributed by atoms with Gasteiger partial charge in [-0.1, -0.05) is 19.0 Å². The van der Waals surface area contributed by atoms with E-state index in [2.05, 4.69) is 14.4 Å². The molecule has 1 aromatic heterocycles. The zero-order valence-electron chi connectivity index (χ0n) is 10.2. The van der Waals surface area contributed by atoms with Crippen LogP contribution < -0.4 is 4.72 Å². The van der Waals surface area contributed by atoms with Gasteiger partial charge in [0.15, 0.2) is 0 Å². The van der Waals surface area contributed by atoms with Crippen LogP contribution in [0.4, 0.5) is 0 Å². The number of sulfonamides is 1. The summed E-state index contributed by atoms with van der Waals surface area (Å²) in [6, 6.07) is 0.291. The molecule has 0 fully saturated rings. The van der Waals surface area contributed by atoms with E-state index in [0.29, 0.717) is 0 Å². The van der Waals surface area contributed by atoms with Crippen molar-refractivity contribution in [3.05, 3.63) is 18.0 Å². The maximum absolute atomic E-state index is 11.7. The molecule has 0 bridgehead atoms. The van der Waals surface area contributed by atoms with Crippen LogP contribution in [0.2, 0.25) is 0 Å². The minimum Gasteiger partial charge on any atom is -0.480 e. The van der Waals surface area contributed by atoms with Crippen molar-refractivity contribution in [3.63, 3.8) is 0 Å². The molecule has 0 amide bonds. The Morgan fingerprint density at radius 2 is 2.22 bits per heavy atom. The van der Waals surface area contributed by atoms with Crippen LogP contribution in [-0.4, -0.2) is 30.7 Å². The molecule has 7 nitrogen and oxygen atoms in total. The number of nitrogens with zero attached hydrogens (tertiary/aromatic N) is 1. The van der Waals surface area contributed by atoms with E-state index in [9.17, 15) is 13.2 Å². The van der Waals surface area contributed by atoms with Crippen molar-refractivity contribution >= 4 is 16.0 Å². The van der Waals surface area contributed by atoms with Gasteiger partial charge in [-0.05, 0) is 12.3 Å². The molecule has 1 heterocycles. The number of aromatic nitrogens is 1. The van der Waals surface area contributed by atoms with E-state index in [-0.39, 0.29) is 18.0 Å². The third-order valence-electron chi connectivity index (χ3n) is 2.16. The van der Waals surface area contributed by atoms with Gasteiger partial charge >= 0.3 is 5.97 Å². The summed E-state index contributed by atoms with van der Waals surface area (Å²) in [5.41, 5.74) is 0.233. The lowest BCUT2D eigenvalue weighted by atomic mass is 10.1. The van der Waals surface area contributed by atoms with Crippen LogP contribution >= 0.6 is 0 Å². The zero-order valence-corrected chi connectivity index (χ0v) is 11.0. The first kappa shape index (κ1) is 14.7. The molecule has 2 N–H and O–H groups in total. The van der Waals surface area contributed by atoms with Gasteiger partial charge in [0, 0.05) is 6.07 Å². The molecule has 1 rings (SSSR count). The smallest absolute Gasteiger partial charge is 0.321 e. The average Bonchev–Trinajstić information content (AvgIpc) is 2.67. The number of nitrogens with one attached hydrogen (secondary N) is 1. The van der Waals surface area contributed by atoms with Crippen LogP contribution in [0.25, 0.3) is 0 Å². The van der Waals surface area contributed by atoms with Gasteiger partial charge in [0.1, 0.15) is 18.1 Å². The molecule has 0 aromatic carbocycles. The van der Waals surface area contributed by atoms with Gasteiger partial charge in [-0.3, -0.25) is 4.79 Å². The third-order valence-corrected chi connectivity index (χ3v) is 3.48. The van der Waals surface area contributed by atoms with Crippen molar-refractivity contribution in [2.45, 2.75) is 32.1 Å². The molecule has 8 heteroatoms. The summed E-state index contributed by atoms with van der Waals surface area (Å²) in [4.78, 5) is 11.0. The van der Waals surface area contributed by atoms with Crippen molar-refractivity contribution in [2.24, 2.45) is 5.92 Å². The predicted molar refractivity (Wildman–Crippen MR) is 63.1 cm³/mol. The molecule has 1 atom stereocenters. The van der Waals surface area contributed by atoms with Crippen molar-refractivity contribution in [1.29, 1.82) is 0 Å². The third kappa shape index (κ3) is 4.84.